The highest BCUT2D eigenvalue weighted by molar-refractivity contribution is 6.31. The molecule has 0 aliphatic rings. The predicted molar refractivity (Wildman–Crippen MR) is 105 cm³/mol. The minimum Gasteiger partial charge on any atom is -0.477 e. The van der Waals surface area contributed by atoms with Crippen molar-refractivity contribution in [2.45, 2.75) is 6.54 Å². The Kier molecular flexibility index (Phi) is 4.49. The van der Waals surface area contributed by atoms with Gasteiger partial charge in [0.2, 0.25) is 0 Å². The lowest BCUT2D eigenvalue weighted by atomic mass is 10.2. The van der Waals surface area contributed by atoms with Crippen LogP contribution in [0, 0.1) is 5.82 Å². The van der Waals surface area contributed by atoms with Gasteiger partial charge in [-0.25, -0.2) is 9.18 Å². The molecule has 140 valence electrons. The molecule has 0 saturated heterocycles. The lowest BCUT2D eigenvalue weighted by Gasteiger charge is -2.10. The average Bonchev–Trinajstić information content (AvgIpc) is 2.97. The molecule has 2 aromatic carbocycles. The fourth-order valence-corrected chi connectivity index (χ4v) is 3.52. The van der Waals surface area contributed by atoms with E-state index in [4.69, 9.17) is 11.6 Å². The van der Waals surface area contributed by atoms with Crippen LogP contribution in [0.1, 0.15) is 16.1 Å². The molecule has 4 rings (SSSR count). The van der Waals surface area contributed by atoms with Crippen molar-refractivity contribution < 1.29 is 14.3 Å². The highest BCUT2D eigenvalue weighted by Crippen LogP contribution is 2.32. The Balaban J connectivity index is 2.09. The normalized spacial score (nSPS) is 11.1. The predicted octanol–water partition coefficient (Wildman–Crippen LogP) is 4.33. The second-order valence-electron chi connectivity index (χ2n) is 6.25. The van der Waals surface area contributed by atoms with Gasteiger partial charge in [-0.1, -0.05) is 35.9 Å². The Bertz CT molecular complexity index is 1280. The van der Waals surface area contributed by atoms with Crippen molar-refractivity contribution in [2.75, 3.05) is 0 Å². The number of nitrogens with zero attached hydrogens (tertiary/aromatic N) is 2. The summed E-state index contributed by atoms with van der Waals surface area (Å²) in [4.78, 5) is 24.6. The Hall–Kier alpha value is -3.38. The van der Waals surface area contributed by atoms with E-state index in [0.717, 1.165) is 0 Å². The third kappa shape index (κ3) is 2.97. The summed E-state index contributed by atoms with van der Waals surface area (Å²) in [5.41, 5.74) is 0.579. The second kappa shape index (κ2) is 6.98. The lowest BCUT2D eigenvalue weighted by molar-refractivity contribution is 0.0686. The number of hydrogen-bond acceptors (Lipinski definition) is 2. The van der Waals surface area contributed by atoms with Crippen molar-refractivity contribution in [3.63, 3.8) is 0 Å². The van der Waals surface area contributed by atoms with Crippen LogP contribution in [0.15, 0.2) is 71.7 Å². The van der Waals surface area contributed by atoms with Crippen LogP contribution >= 0.6 is 11.6 Å². The number of hydrogen-bond donors (Lipinski definition) is 1. The molecule has 5 nitrogen and oxygen atoms in total. The van der Waals surface area contributed by atoms with Gasteiger partial charge >= 0.3 is 5.97 Å². The number of rotatable bonds is 4. The van der Waals surface area contributed by atoms with E-state index >= 15 is 0 Å². The molecule has 0 amide bonds. The largest absolute Gasteiger partial charge is 0.477 e. The third-order valence-corrected chi connectivity index (χ3v) is 4.79. The molecule has 2 aromatic heterocycles. The van der Waals surface area contributed by atoms with Crippen LogP contribution in [0.2, 0.25) is 5.02 Å². The first-order valence-electron chi connectivity index (χ1n) is 8.44. The van der Waals surface area contributed by atoms with Crippen molar-refractivity contribution in [1.82, 2.24) is 9.13 Å². The smallest absolute Gasteiger partial charge is 0.354 e. The molecule has 0 aliphatic heterocycles. The summed E-state index contributed by atoms with van der Waals surface area (Å²) in [5, 5.41) is 10.8. The monoisotopic (exact) mass is 396 g/mol. The molecular formula is C21H14ClFN2O3. The van der Waals surface area contributed by atoms with Crippen molar-refractivity contribution in [3.05, 3.63) is 99.3 Å². The van der Waals surface area contributed by atoms with Crippen LogP contribution in [0.3, 0.4) is 0 Å². The molecule has 1 N–H and O–H groups in total. The van der Waals surface area contributed by atoms with Gasteiger partial charge in [-0.3, -0.25) is 9.36 Å². The molecule has 0 radical (unpaired) electrons. The first kappa shape index (κ1) is 18.0. The average molecular weight is 397 g/mol. The van der Waals surface area contributed by atoms with Gasteiger partial charge < -0.3 is 9.67 Å². The minimum absolute atomic E-state index is 0.00593. The molecule has 0 spiro atoms. The van der Waals surface area contributed by atoms with E-state index in [9.17, 15) is 19.1 Å². The number of halogens is 2. The van der Waals surface area contributed by atoms with Crippen LogP contribution in [0.25, 0.3) is 16.6 Å². The van der Waals surface area contributed by atoms with E-state index in [-0.39, 0.29) is 23.5 Å². The first-order valence-corrected chi connectivity index (χ1v) is 8.81. The Labute approximate surface area is 163 Å². The maximum atomic E-state index is 14.2. The van der Waals surface area contributed by atoms with Crippen LogP contribution in [0.4, 0.5) is 4.39 Å². The second-order valence-corrected chi connectivity index (χ2v) is 6.69. The van der Waals surface area contributed by atoms with Gasteiger partial charge in [0, 0.05) is 28.2 Å². The van der Waals surface area contributed by atoms with Crippen molar-refractivity contribution in [1.29, 1.82) is 0 Å². The summed E-state index contributed by atoms with van der Waals surface area (Å²) < 4.78 is 17.0. The summed E-state index contributed by atoms with van der Waals surface area (Å²) in [6.45, 7) is -0.00593. The molecule has 4 aromatic rings. The van der Waals surface area contributed by atoms with Gasteiger partial charge in [-0.2, -0.15) is 0 Å². The van der Waals surface area contributed by atoms with Gasteiger partial charge in [-0.15, -0.1) is 0 Å². The van der Waals surface area contributed by atoms with Gasteiger partial charge in [0.25, 0.3) is 5.56 Å². The maximum Gasteiger partial charge on any atom is 0.354 e. The molecule has 0 saturated carbocycles. The summed E-state index contributed by atoms with van der Waals surface area (Å²) in [6.07, 6.45) is 1.50. The van der Waals surface area contributed by atoms with Crippen LogP contribution in [-0.4, -0.2) is 20.2 Å². The van der Waals surface area contributed by atoms with E-state index in [1.165, 1.54) is 27.5 Å². The number of pyridine rings is 1. The maximum absolute atomic E-state index is 14.2. The van der Waals surface area contributed by atoms with Crippen molar-refractivity contribution >= 4 is 28.5 Å². The van der Waals surface area contributed by atoms with E-state index in [1.54, 1.807) is 48.5 Å². The highest BCUT2D eigenvalue weighted by Gasteiger charge is 2.25. The topological polar surface area (TPSA) is 64.2 Å². The Morgan fingerprint density at radius 2 is 1.82 bits per heavy atom. The summed E-state index contributed by atoms with van der Waals surface area (Å²) in [6, 6.07) is 15.6. The zero-order valence-electron chi connectivity index (χ0n) is 14.5. The third-order valence-electron chi connectivity index (χ3n) is 4.55. The van der Waals surface area contributed by atoms with Gasteiger partial charge in [0.05, 0.1) is 17.7 Å². The number of carboxylic acids is 1. The molecule has 0 bridgehead atoms. The lowest BCUT2D eigenvalue weighted by Crippen LogP contribution is -2.19. The van der Waals surface area contributed by atoms with Gasteiger partial charge in [0.15, 0.2) is 5.69 Å². The fourth-order valence-electron chi connectivity index (χ4n) is 3.34. The highest BCUT2D eigenvalue weighted by atomic mass is 35.5. The number of carbonyl (C=O) groups is 1. The van der Waals surface area contributed by atoms with E-state index in [0.29, 0.717) is 21.5 Å². The summed E-state index contributed by atoms with van der Waals surface area (Å²) in [5.74, 6) is -1.66. The molecule has 0 aliphatic carbocycles. The number of carboxylic acid groups (broad SMARTS) is 1. The Morgan fingerprint density at radius 3 is 2.54 bits per heavy atom. The Morgan fingerprint density at radius 1 is 1.07 bits per heavy atom. The van der Waals surface area contributed by atoms with Gasteiger partial charge in [-0.05, 0) is 30.3 Å². The summed E-state index contributed by atoms with van der Waals surface area (Å²) in [7, 11) is 0. The molecule has 2 heterocycles. The van der Waals surface area contributed by atoms with Gasteiger partial charge in [0.1, 0.15) is 5.82 Å². The van der Waals surface area contributed by atoms with E-state index < -0.39 is 11.8 Å². The first-order chi connectivity index (χ1) is 13.5. The number of aromatic carboxylic acids is 1. The zero-order valence-corrected chi connectivity index (χ0v) is 15.2. The molecule has 0 atom stereocenters. The molecule has 0 fully saturated rings. The molecule has 7 heteroatoms. The van der Waals surface area contributed by atoms with Crippen LogP contribution in [0.5, 0.6) is 0 Å². The van der Waals surface area contributed by atoms with E-state index in [1.807, 2.05) is 0 Å². The van der Waals surface area contributed by atoms with Crippen molar-refractivity contribution in [3.8, 4) is 5.69 Å². The molecule has 28 heavy (non-hydrogen) atoms. The zero-order chi connectivity index (χ0) is 19.8. The number of fused-ring (bicyclic) bond motifs is 1. The summed E-state index contributed by atoms with van der Waals surface area (Å²) >= 11 is 6.14. The fraction of sp³-hybridized carbons (Fsp3) is 0.0476. The quantitative estimate of drug-likeness (QED) is 0.558. The molecule has 0 unspecified atom stereocenters. The van der Waals surface area contributed by atoms with E-state index in [2.05, 4.69) is 0 Å². The molecular weight excluding hydrogens is 383 g/mol. The van der Waals surface area contributed by atoms with Crippen LogP contribution < -0.4 is 5.56 Å². The minimum atomic E-state index is -1.23. The SMILES string of the molecule is O=C(O)c1c(-n2ccccc2=O)c2cc(Cl)ccc2n1Cc1ccccc1F. The standard InChI is InChI=1S/C21H14ClFN2O3/c22-14-8-9-17-15(11-14)19(24-10-4-3-7-18(24)26)20(21(27)28)25(17)12-13-5-1-2-6-16(13)23/h1-11H,12H2,(H,27,28). The van der Waals surface area contributed by atoms with Crippen molar-refractivity contribution in [2.24, 2.45) is 0 Å². The number of benzene rings is 2. The van der Waals surface area contributed by atoms with Crippen LogP contribution in [-0.2, 0) is 6.54 Å². The number of aromatic nitrogens is 2.